The summed E-state index contributed by atoms with van der Waals surface area (Å²) in [4.78, 5) is 0. The predicted molar refractivity (Wildman–Crippen MR) is 105 cm³/mol. The highest BCUT2D eigenvalue weighted by molar-refractivity contribution is 5.30. The van der Waals surface area contributed by atoms with E-state index in [0.717, 1.165) is 28.2 Å². The van der Waals surface area contributed by atoms with Crippen molar-refractivity contribution in [1.82, 2.24) is 0 Å². The fourth-order valence-corrected chi connectivity index (χ4v) is 2.51. The molecule has 0 aromatic heterocycles. The first kappa shape index (κ1) is 18.8. The zero-order valence-corrected chi connectivity index (χ0v) is 15.4. The molecule has 0 unspecified atom stereocenters. The summed E-state index contributed by atoms with van der Waals surface area (Å²) in [7, 11) is 0. The summed E-state index contributed by atoms with van der Waals surface area (Å²) in [6, 6.07) is 22.8. The molecule has 140 valence electrons. The molecule has 0 atom stereocenters. The second-order valence-corrected chi connectivity index (χ2v) is 6.17. The van der Waals surface area contributed by atoms with Crippen LogP contribution in [0.2, 0.25) is 0 Å². The fourth-order valence-electron chi connectivity index (χ4n) is 2.51. The first-order valence-corrected chi connectivity index (χ1v) is 9.02. The summed E-state index contributed by atoms with van der Waals surface area (Å²) in [6.07, 6.45) is 0. The average molecular weight is 364 g/mol. The third-order valence-electron chi connectivity index (χ3n) is 4.07. The minimum Gasteiger partial charge on any atom is -0.508 e. The number of ether oxygens (including phenoxy) is 3. The van der Waals surface area contributed by atoms with E-state index >= 15 is 0 Å². The van der Waals surface area contributed by atoms with Gasteiger partial charge < -0.3 is 19.3 Å². The Morgan fingerprint density at radius 1 is 0.593 bits per heavy atom. The highest BCUT2D eigenvalue weighted by atomic mass is 16.5. The lowest BCUT2D eigenvalue weighted by atomic mass is 10.2. The smallest absolute Gasteiger partial charge is 0.119 e. The van der Waals surface area contributed by atoms with Gasteiger partial charge in [0.15, 0.2) is 0 Å². The van der Waals surface area contributed by atoms with Crippen molar-refractivity contribution in [2.45, 2.75) is 26.7 Å². The van der Waals surface area contributed by atoms with Crippen molar-refractivity contribution in [3.05, 3.63) is 89.5 Å². The zero-order valence-electron chi connectivity index (χ0n) is 15.4. The molecule has 1 N–H and O–H groups in total. The lowest BCUT2D eigenvalue weighted by molar-refractivity contribution is 0.134. The quantitative estimate of drug-likeness (QED) is 0.575. The van der Waals surface area contributed by atoms with Gasteiger partial charge in [-0.25, -0.2) is 0 Å². The molecule has 0 amide bonds. The van der Waals surface area contributed by atoms with E-state index in [-0.39, 0.29) is 5.75 Å². The first-order valence-electron chi connectivity index (χ1n) is 9.02. The van der Waals surface area contributed by atoms with Crippen LogP contribution in [0.5, 0.6) is 17.2 Å². The molecular formula is C23H24O4. The van der Waals surface area contributed by atoms with Gasteiger partial charge in [0.25, 0.3) is 0 Å². The van der Waals surface area contributed by atoms with Crippen molar-refractivity contribution in [3.8, 4) is 17.2 Å². The van der Waals surface area contributed by atoms with Gasteiger partial charge in [0.2, 0.25) is 0 Å². The molecular weight excluding hydrogens is 340 g/mol. The lowest BCUT2D eigenvalue weighted by Crippen LogP contribution is -1.98. The lowest BCUT2D eigenvalue weighted by Gasteiger charge is -2.09. The van der Waals surface area contributed by atoms with E-state index in [9.17, 15) is 5.11 Å². The Balaban J connectivity index is 1.46. The molecule has 3 aromatic rings. The fraction of sp³-hybridized carbons (Fsp3) is 0.217. The molecule has 0 spiro atoms. The van der Waals surface area contributed by atoms with Gasteiger partial charge in [0.1, 0.15) is 30.5 Å². The summed E-state index contributed by atoms with van der Waals surface area (Å²) in [5, 5.41) is 9.29. The van der Waals surface area contributed by atoms with Gasteiger partial charge in [0.05, 0.1) is 6.61 Å². The summed E-state index contributed by atoms with van der Waals surface area (Å²) >= 11 is 0. The molecule has 0 saturated heterocycles. The molecule has 4 heteroatoms. The maximum absolute atomic E-state index is 9.29. The molecule has 0 radical (unpaired) electrons. The third-order valence-corrected chi connectivity index (χ3v) is 4.07. The molecule has 3 rings (SSSR count). The monoisotopic (exact) mass is 364 g/mol. The summed E-state index contributed by atoms with van der Waals surface area (Å²) in [5.74, 6) is 1.89. The van der Waals surface area contributed by atoms with Gasteiger partial charge in [-0.05, 0) is 60.0 Å². The van der Waals surface area contributed by atoms with Crippen LogP contribution in [-0.4, -0.2) is 11.7 Å². The van der Waals surface area contributed by atoms with Crippen molar-refractivity contribution in [3.63, 3.8) is 0 Å². The summed E-state index contributed by atoms with van der Waals surface area (Å²) in [6.45, 7) is 4.30. The van der Waals surface area contributed by atoms with Crippen LogP contribution in [0.3, 0.4) is 0 Å². The van der Waals surface area contributed by atoms with Crippen molar-refractivity contribution >= 4 is 0 Å². The average Bonchev–Trinajstić information content (AvgIpc) is 2.72. The number of rotatable bonds is 9. The van der Waals surface area contributed by atoms with Gasteiger partial charge in [-0.3, -0.25) is 0 Å². The number of aromatic hydroxyl groups is 1. The van der Waals surface area contributed by atoms with E-state index in [2.05, 4.69) is 0 Å². The SMILES string of the molecule is CCOCc1ccc(OCc2ccc(OCc3ccc(O)cc3)cc2)cc1. The van der Waals surface area contributed by atoms with Crippen LogP contribution >= 0.6 is 0 Å². The van der Waals surface area contributed by atoms with E-state index in [1.54, 1.807) is 12.1 Å². The maximum atomic E-state index is 9.29. The number of phenolic OH excluding ortho intramolecular Hbond substituents is 1. The molecule has 3 aromatic carbocycles. The van der Waals surface area contributed by atoms with Crippen molar-refractivity contribution in [2.24, 2.45) is 0 Å². The molecule has 0 bridgehead atoms. The topological polar surface area (TPSA) is 47.9 Å². The highest BCUT2D eigenvalue weighted by Gasteiger charge is 2.00. The van der Waals surface area contributed by atoms with Gasteiger partial charge in [-0.15, -0.1) is 0 Å². The Hall–Kier alpha value is -2.98. The van der Waals surface area contributed by atoms with Gasteiger partial charge in [-0.2, -0.15) is 0 Å². The minimum atomic E-state index is 0.257. The molecule has 0 aliphatic carbocycles. The third kappa shape index (κ3) is 6.04. The van der Waals surface area contributed by atoms with Gasteiger partial charge >= 0.3 is 0 Å². The Morgan fingerprint density at radius 2 is 1.00 bits per heavy atom. The van der Waals surface area contributed by atoms with Crippen LogP contribution < -0.4 is 9.47 Å². The zero-order chi connectivity index (χ0) is 18.9. The van der Waals surface area contributed by atoms with Crippen molar-refractivity contribution in [1.29, 1.82) is 0 Å². The predicted octanol–water partition coefficient (Wildman–Crippen LogP) is 5.09. The number of phenols is 1. The van der Waals surface area contributed by atoms with E-state index in [1.807, 2.05) is 67.6 Å². The molecule has 0 heterocycles. The molecule has 0 aliphatic heterocycles. The Bertz CT molecular complexity index is 809. The van der Waals surface area contributed by atoms with Crippen LogP contribution in [0.25, 0.3) is 0 Å². The summed E-state index contributed by atoms with van der Waals surface area (Å²) < 4.78 is 17.0. The van der Waals surface area contributed by atoms with Crippen molar-refractivity contribution < 1.29 is 19.3 Å². The van der Waals surface area contributed by atoms with E-state index in [4.69, 9.17) is 14.2 Å². The molecule has 27 heavy (non-hydrogen) atoms. The Morgan fingerprint density at radius 3 is 1.44 bits per heavy atom. The second kappa shape index (κ2) is 9.64. The summed E-state index contributed by atoms with van der Waals surface area (Å²) in [5.41, 5.74) is 3.22. The van der Waals surface area contributed by atoms with E-state index < -0.39 is 0 Å². The molecule has 4 nitrogen and oxygen atoms in total. The van der Waals surface area contributed by atoms with E-state index in [1.165, 1.54) is 0 Å². The van der Waals surface area contributed by atoms with Crippen LogP contribution in [0.4, 0.5) is 0 Å². The highest BCUT2D eigenvalue weighted by Crippen LogP contribution is 2.18. The van der Waals surface area contributed by atoms with Crippen LogP contribution in [0.15, 0.2) is 72.8 Å². The maximum Gasteiger partial charge on any atom is 0.119 e. The first-order chi connectivity index (χ1) is 13.2. The van der Waals surface area contributed by atoms with Gasteiger partial charge in [0, 0.05) is 6.61 Å². The standard InChI is InChI=1S/C23H24O4/c1-2-25-15-18-5-11-22(12-6-18)27-17-20-7-13-23(14-8-20)26-16-19-3-9-21(24)10-4-19/h3-14,24H,2,15-17H2,1H3. The minimum absolute atomic E-state index is 0.257. The Labute approximate surface area is 160 Å². The Kier molecular flexibility index (Phi) is 6.72. The van der Waals surface area contributed by atoms with Gasteiger partial charge in [-0.1, -0.05) is 36.4 Å². The number of benzene rings is 3. The number of hydrogen-bond donors (Lipinski definition) is 1. The largest absolute Gasteiger partial charge is 0.508 e. The molecule has 0 saturated carbocycles. The van der Waals surface area contributed by atoms with Crippen molar-refractivity contribution in [2.75, 3.05) is 6.61 Å². The van der Waals surface area contributed by atoms with Crippen LogP contribution in [0.1, 0.15) is 23.6 Å². The molecule has 0 fully saturated rings. The second-order valence-electron chi connectivity index (χ2n) is 6.17. The normalized spacial score (nSPS) is 10.6. The van der Waals surface area contributed by atoms with E-state index in [0.29, 0.717) is 26.4 Å². The molecule has 0 aliphatic rings. The van der Waals surface area contributed by atoms with Crippen LogP contribution in [0, 0.1) is 0 Å². The van der Waals surface area contributed by atoms with Crippen LogP contribution in [-0.2, 0) is 24.6 Å². The number of hydrogen-bond acceptors (Lipinski definition) is 4.